The molecule has 0 bridgehead atoms. The van der Waals surface area contributed by atoms with Gasteiger partial charge in [-0.25, -0.2) is 0 Å². The molecule has 0 heterocycles. The minimum Gasteiger partial charge on any atom is -0.368 e. The molecule has 0 unspecified atom stereocenters. The van der Waals surface area contributed by atoms with Gasteiger partial charge in [-0.15, -0.1) is 0 Å². The van der Waals surface area contributed by atoms with Gasteiger partial charge in [0.05, 0.1) is 5.56 Å². The van der Waals surface area contributed by atoms with Crippen LogP contribution in [0.25, 0.3) is 32.3 Å². The first-order valence-electron chi connectivity index (χ1n) is 10.6. The maximum absolute atomic E-state index is 13.5. The summed E-state index contributed by atoms with van der Waals surface area (Å²) in [5.74, 6) is -0.862. The minimum atomic E-state index is -0.818. The van der Waals surface area contributed by atoms with Crippen LogP contribution in [0.15, 0.2) is 97.1 Å². The van der Waals surface area contributed by atoms with E-state index in [1.54, 1.807) is 0 Å². The van der Waals surface area contributed by atoms with Crippen molar-refractivity contribution in [3.8, 4) is 0 Å². The van der Waals surface area contributed by atoms with Crippen molar-refractivity contribution in [2.45, 2.75) is 12.5 Å². The van der Waals surface area contributed by atoms with Crippen LogP contribution >= 0.6 is 0 Å². The predicted octanol–water partition coefficient (Wildman–Crippen LogP) is 4.97. The molecule has 0 saturated carbocycles. The summed E-state index contributed by atoms with van der Waals surface area (Å²) in [6.45, 7) is 0. The summed E-state index contributed by atoms with van der Waals surface area (Å²) in [6.07, 6.45) is 0.328. The Hall–Kier alpha value is -4.18. The molecule has 0 aliphatic heterocycles. The zero-order valence-corrected chi connectivity index (χ0v) is 17.4. The Morgan fingerprint density at radius 1 is 0.688 bits per heavy atom. The highest BCUT2D eigenvalue weighted by molar-refractivity contribution is 6.18. The maximum atomic E-state index is 13.5. The highest BCUT2D eigenvalue weighted by atomic mass is 16.2. The van der Waals surface area contributed by atoms with Crippen molar-refractivity contribution in [1.29, 1.82) is 0 Å². The van der Waals surface area contributed by atoms with E-state index < -0.39 is 11.9 Å². The number of hydrogen-bond acceptors (Lipinski definition) is 2. The number of nitrogens with one attached hydrogen (secondary N) is 1. The number of nitrogens with two attached hydrogens (primary N) is 1. The van der Waals surface area contributed by atoms with Crippen molar-refractivity contribution in [3.63, 3.8) is 0 Å². The monoisotopic (exact) mass is 418 g/mol. The summed E-state index contributed by atoms with van der Waals surface area (Å²) in [6, 6.07) is 30.9. The van der Waals surface area contributed by atoms with E-state index in [0.29, 0.717) is 12.0 Å². The molecule has 0 aliphatic carbocycles. The van der Waals surface area contributed by atoms with Gasteiger partial charge in [0, 0.05) is 6.42 Å². The van der Waals surface area contributed by atoms with Gasteiger partial charge in [-0.2, -0.15) is 0 Å². The third-order valence-corrected chi connectivity index (χ3v) is 5.90. The lowest BCUT2D eigenvalue weighted by Crippen LogP contribution is -2.46. The van der Waals surface area contributed by atoms with Crippen molar-refractivity contribution in [2.75, 3.05) is 0 Å². The molecule has 5 aromatic carbocycles. The molecule has 0 aromatic heterocycles. The van der Waals surface area contributed by atoms with E-state index in [4.69, 9.17) is 5.73 Å². The molecular formula is C28H22N2O2. The number of amides is 2. The van der Waals surface area contributed by atoms with Gasteiger partial charge in [-0.1, -0.05) is 91.0 Å². The van der Waals surface area contributed by atoms with Crippen LogP contribution in [0.4, 0.5) is 0 Å². The minimum absolute atomic E-state index is 0.303. The second-order valence-corrected chi connectivity index (χ2v) is 8.01. The third kappa shape index (κ3) is 3.67. The van der Waals surface area contributed by atoms with E-state index in [1.807, 2.05) is 91.0 Å². The summed E-state index contributed by atoms with van der Waals surface area (Å²) in [4.78, 5) is 25.7. The Kier molecular flexibility index (Phi) is 5.04. The zero-order chi connectivity index (χ0) is 22.1. The number of hydrogen-bond donors (Lipinski definition) is 2. The molecule has 5 aromatic rings. The van der Waals surface area contributed by atoms with Gasteiger partial charge in [0.25, 0.3) is 5.91 Å². The van der Waals surface area contributed by atoms with Crippen LogP contribution < -0.4 is 11.1 Å². The Morgan fingerprint density at radius 3 is 1.88 bits per heavy atom. The maximum Gasteiger partial charge on any atom is 0.253 e. The van der Waals surface area contributed by atoms with E-state index in [0.717, 1.165) is 37.9 Å². The summed E-state index contributed by atoms with van der Waals surface area (Å²) < 4.78 is 0. The SMILES string of the molecule is NC(=O)[C@@H](Cc1ccc2ccccc2c1)NC(=O)c1c2ccccc2cc2ccccc12. The van der Waals surface area contributed by atoms with Gasteiger partial charge in [-0.05, 0) is 43.9 Å². The van der Waals surface area contributed by atoms with E-state index in [1.165, 1.54) is 0 Å². The average molecular weight is 418 g/mol. The summed E-state index contributed by atoms with van der Waals surface area (Å²) in [7, 11) is 0. The molecule has 4 nitrogen and oxygen atoms in total. The van der Waals surface area contributed by atoms with E-state index in [9.17, 15) is 9.59 Å². The molecule has 5 rings (SSSR count). The molecule has 0 saturated heterocycles. The van der Waals surface area contributed by atoms with Gasteiger partial charge in [0.15, 0.2) is 0 Å². The largest absolute Gasteiger partial charge is 0.368 e. The Bertz CT molecular complexity index is 1440. The molecule has 0 aliphatic rings. The van der Waals surface area contributed by atoms with Gasteiger partial charge in [-0.3, -0.25) is 9.59 Å². The molecule has 0 spiro atoms. The first-order valence-corrected chi connectivity index (χ1v) is 10.6. The lowest BCUT2D eigenvalue weighted by molar-refractivity contribution is -0.119. The quantitative estimate of drug-likeness (QED) is 0.396. The molecular weight excluding hydrogens is 396 g/mol. The number of rotatable bonds is 5. The van der Waals surface area contributed by atoms with Crippen molar-refractivity contribution >= 4 is 44.1 Å². The number of fused-ring (bicyclic) bond motifs is 3. The lowest BCUT2D eigenvalue weighted by Gasteiger charge is -2.18. The molecule has 32 heavy (non-hydrogen) atoms. The van der Waals surface area contributed by atoms with Crippen LogP contribution in [0.1, 0.15) is 15.9 Å². The standard InChI is InChI=1S/C28H22N2O2/c29-27(31)25(16-18-13-14-19-7-1-2-8-20(19)15-18)30-28(32)26-23-11-5-3-9-21(23)17-22-10-4-6-12-24(22)26/h1-15,17,25H,16H2,(H2,29,31)(H,30,32)/t25-/m1/s1. The van der Waals surface area contributed by atoms with Gasteiger partial charge < -0.3 is 11.1 Å². The number of carbonyl (C=O) groups excluding carboxylic acids is 2. The summed E-state index contributed by atoms with van der Waals surface area (Å²) in [5.41, 5.74) is 7.19. The highest BCUT2D eigenvalue weighted by Crippen LogP contribution is 2.28. The fraction of sp³-hybridized carbons (Fsp3) is 0.0714. The fourth-order valence-electron chi connectivity index (χ4n) is 4.31. The summed E-state index contributed by atoms with van der Waals surface area (Å²) >= 11 is 0. The van der Waals surface area contributed by atoms with Crippen LogP contribution in [-0.2, 0) is 11.2 Å². The zero-order valence-electron chi connectivity index (χ0n) is 17.4. The van der Waals surface area contributed by atoms with Crippen molar-refractivity contribution < 1.29 is 9.59 Å². The fourth-order valence-corrected chi connectivity index (χ4v) is 4.31. The molecule has 3 N–H and O–H groups in total. The van der Waals surface area contributed by atoms with Crippen LogP contribution in [0, 0.1) is 0 Å². The molecule has 4 heteroatoms. The Balaban J connectivity index is 1.51. The molecule has 1 atom stereocenters. The van der Waals surface area contributed by atoms with Crippen LogP contribution in [0.2, 0.25) is 0 Å². The first-order chi connectivity index (χ1) is 15.6. The van der Waals surface area contributed by atoms with Crippen LogP contribution in [-0.4, -0.2) is 17.9 Å². The molecule has 0 radical (unpaired) electrons. The van der Waals surface area contributed by atoms with Crippen molar-refractivity contribution in [3.05, 3.63) is 108 Å². The van der Waals surface area contributed by atoms with Crippen molar-refractivity contribution in [1.82, 2.24) is 5.32 Å². The topological polar surface area (TPSA) is 72.2 Å². The van der Waals surface area contributed by atoms with E-state index >= 15 is 0 Å². The van der Waals surface area contributed by atoms with Crippen molar-refractivity contribution in [2.24, 2.45) is 5.73 Å². The normalized spacial score (nSPS) is 12.1. The Morgan fingerprint density at radius 2 is 1.25 bits per heavy atom. The molecule has 0 fully saturated rings. The number of benzene rings is 5. The van der Waals surface area contributed by atoms with E-state index in [-0.39, 0.29) is 5.91 Å². The highest BCUT2D eigenvalue weighted by Gasteiger charge is 2.22. The summed E-state index contributed by atoms with van der Waals surface area (Å²) in [5, 5.41) is 8.74. The van der Waals surface area contributed by atoms with Gasteiger partial charge in [0.2, 0.25) is 5.91 Å². The van der Waals surface area contributed by atoms with Gasteiger partial charge in [0.1, 0.15) is 6.04 Å². The molecule has 156 valence electrons. The second kappa shape index (κ2) is 8.16. The van der Waals surface area contributed by atoms with Crippen LogP contribution in [0.5, 0.6) is 0 Å². The van der Waals surface area contributed by atoms with E-state index in [2.05, 4.69) is 11.4 Å². The third-order valence-electron chi connectivity index (χ3n) is 5.90. The number of carbonyl (C=O) groups is 2. The molecule has 2 amide bonds. The lowest BCUT2D eigenvalue weighted by atomic mass is 9.95. The van der Waals surface area contributed by atoms with Gasteiger partial charge >= 0.3 is 0 Å². The second-order valence-electron chi connectivity index (χ2n) is 8.01. The Labute approximate surface area is 185 Å². The van der Waals surface area contributed by atoms with Crippen LogP contribution in [0.3, 0.4) is 0 Å². The predicted molar refractivity (Wildman–Crippen MR) is 130 cm³/mol. The first kappa shape index (κ1) is 19.8. The smallest absolute Gasteiger partial charge is 0.253 e. The number of primary amides is 1. The average Bonchev–Trinajstić information content (AvgIpc) is 2.81.